The zero-order chi connectivity index (χ0) is 34.4. The smallest absolute Gasteiger partial charge is 0.135 e. The van der Waals surface area contributed by atoms with Gasteiger partial charge in [0.15, 0.2) is 0 Å². The van der Waals surface area contributed by atoms with Gasteiger partial charge < -0.3 is 9.32 Å². The average Bonchev–Trinajstić information content (AvgIpc) is 3.66. The Morgan fingerprint density at radius 2 is 0.923 bits per heavy atom. The Morgan fingerprint density at radius 3 is 1.71 bits per heavy atom. The fourth-order valence-corrected chi connectivity index (χ4v) is 7.69. The molecule has 10 rings (SSSR count). The van der Waals surface area contributed by atoms with Crippen molar-refractivity contribution < 1.29 is 4.42 Å². The van der Waals surface area contributed by atoms with E-state index in [9.17, 15) is 0 Å². The van der Waals surface area contributed by atoms with Crippen LogP contribution < -0.4 is 4.90 Å². The number of furan rings is 1. The van der Waals surface area contributed by atoms with Crippen LogP contribution in [0.5, 0.6) is 0 Å². The van der Waals surface area contributed by atoms with E-state index in [2.05, 4.69) is 187 Å². The number of anilines is 3. The fourth-order valence-electron chi connectivity index (χ4n) is 7.69. The highest BCUT2D eigenvalue weighted by Gasteiger charge is 2.19. The number of para-hydroxylation sites is 1. The molecule has 0 spiro atoms. The van der Waals surface area contributed by atoms with Gasteiger partial charge in [0.05, 0.1) is 5.69 Å². The monoisotopic (exact) mass is 663 g/mol. The van der Waals surface area contributed by atoms with Crippen molar-refractivity contribution in [2.75, 3.05) is 4.90 Å². The van der Waals surface area contributed by atoms with Crippen LogP contribution in [0.2, 0.25) is 0 Å². The van der Waals surface area contributed by atoms with E-state index in [1.54, 1.807) is 0 Å². The van der Waals surface area contributed by atoms with E-state index in [1.807, 2.05) is 18.2 Å². The Balaban J connectivity index is 1.08. The number of benzene rings is 9. The molecule has 0 aliphatic rings. The molecule has 0 fully saturated rings. The lowest BCUT2D eigenvalue weighted by molar-refractivity contribution is 0.631. The fraction of sp³-hybridized carbons (Fsp3) is 0. The van der Waals surface area contributed by atoms with Crippen molar-refractivity contribution in [3.8, 4) is 33.6 Å². The van der Waals surface area contributed by atoms with E-state index >= 15 is 0 Å². The third-order valence-electron chi connectivity index (χ3n) is 10.2. The summed E-state index contributed by atoms with van der Waals surface area (Å²) in [6.45, 7) is 0. The van der Waals surface area contributed by atoms with Gasteiger partial charge in [-0.15, -0.1) is 0 Å². The van der Waals surface area contributed by atoms with Crippen LogP contribution in [0, 0.1) is 0 Å². The van der Waals surface area contributed by atoms with Gasteiger partial charge in [-0.1, -0.05) is 158 Å². The van der Waals surface area contributed by atoms with E-state index in [0.717, 1.165) is 39.4 Å². The van der Waals surface area contributed by atoms with Crippen LogP contribution >= 0.6 is 0 Å². The standard InChI is InChI=1S/C50H33NO/c1-4-17-43-36(11-1)14-10-21-44(43)37-25-23-34(24-26-37)35-27-29-41(30-28-35)51(48-32-38-12-2-5-18-45(38)46-19-6-7-20-47(46)48)42-16-9-15-39(31-42)50-33-40-13-3-8-22-49(40)52-50/h1-33H. The van der Waals surface area contributed by atoms with Crippen molar-refractivity contribution in [2.24, 2.45) is 0 Å². The largest absolute Gasteiger partial charge is 0.456 e. The molecule has 0 unspecified atom stereocenters. The zero-order valence-electron chi connectivity index (χ0n) is 28.4. The van der Waals surface area contributed by atoms with Crippen LogP contribution in [0.25, 0.3) is 76.9 Å². The van der Waals surface area contributed by atoms with Crippen molar-refractivity contribution in [2.45, 2.75) is 0 Å². The molecule has 0 aliphatic carbocycles. The van der Waals surface area contributed by atoms with E-state index in [-0.39, 0.29) is 0 Å². The first kappa shape index (κ1) is 30.0. The van der Waals surface area contributed by atoms with Crippen LogP contribution in [0.1, 0.15) is 0 Å². The van der Waals surface area contributed by atoms with Crippen molar-refractivity contribution in [3.63, 3.8) is 0 Å². The lowest BCUT2D eigenvalue weighted by Gasteiger charge is -2.28. The maximum Gasteiger partial charge on any atom is 0.135 e. The quantitative estimate of drug-likeness (QED) is 0.165. The zero-order valence-corrected chi connectivity index (χ0v) is 28.4. The molecule has 52 heavy (non-hydrogen) atoms. The minimum absolute atomic E-state index is 0.855. The van der Waals surface area contributed by atoms with Crippen LogP contribution in [0.4, 0.5) is 17.1 Å². The molecular weight excluding hydrogens is 631 g/mol. The Labute approximate surface area is 302 Å². The molecule has 0 saturated carbocycles. The van der Waals surface area contributed by atoms with Gasteiger partial charge in [-0.25, -0.2) is 0 Å². The molecule has 1 aromatic heterocycles. The first-order valence-electron chi connectivity index (χ1n) is 17.8. The molecule has 9 aromatic carbocycles. The highest BCUT2D eigenvalue weighted by molar-refractivity contribution is 6.14. The molecular formula is C50H33NO. The third-order valence-corrected chi connectivity index (χ3v) is 10.2. The maximum absolute atomic E-state index is 6.33. The highest BCUT2D eigenvalue weighted by atomic mass is 16.3. The van der Waals surface area contributed by atoms with Gasteiger partial charge >= 0.3 is 0 Å². The second-order valence-electron chi connectivity index (χ2n) is 13.3. The summed E-state index contributed by atoms with van der Waals surface area (Å²) in [7, 11) is 0. The molecule has 0 bridgehead atoms. The minimum atomic E-state index is 0.855. The van der Waals surface area contributed by atoms with E-state index < -0.39 is 0 Å². The minimum Gasteiger partial charge on any atom is -0.456 e. The van der Waals surface area contributed by atoms with Gasteiger partial charge in [-0.05, 0) is 91.6 Å². The van der Waals surface area contributed by atoms with Crippen molar-refractivity contribution in [3.05, 3.63) is 200 Å². The second kappa shape index (κ2) is 12.5. The van der Waals surface area contributed by atoms with Gasteiger partial charge in [0.1, 0.15) is 11.3 Å². The van der Waals surface area contributed by atoms with Crippen molar-refractivity contribution in [1.82, 2.24) is 0 Å². The summed E-state index contributed by atoms with van der Waals surface area (Å²) in [5.41, 5.74) is 10.0. The number of nitrogens with zero attached hydrogens (tertiary/aromatic N) is 1. The first-order valence-corrected chi connectivity index (χ1v) is 17.8. The molecule has 244 valence electrons. The van der Waals surface area contributed by atoms with Crippen LogP contribution in [-0.4, -0.2) is 0 Å². The summed E-state index contributed by atoms with van der Waals surface area (Å²) in [4.78, 5) is 2.38. The van der Waals surface area contributed by atoms with E-state index in [1.165, 1.54) is 54.6 Å². The molecule has 10 aromatic rings. The van der Waals surface area contributed by atoms with Crippen LogP contribution in [0.3, 0.4) is 0 Å². The van der Waals surface area contributed by atoms with Gasteiger partial charge in [0.25, 0.3) is 0 Å². The third kappa shape index (κ3) is 5.21. The maximum atomic E-state index is 6.33. The number of hydrogen-bond donors (Lipinski definition) is 0. The summed E-state index contributed by atoms with van der Waals surface area (Å²) in [5.74, 6) is 0.855. The van der Waals surface area contributed by atoms with Gasteiger partial charge in [0.2, 0.25) is 0 Å². The summed E-state index contributed by atoms with van der Waals surface area (Å²) in [6, 6.07) is 71.7. The van der Waals surface area contributed by atoms with E-state index in [4.69, 9.17) is 4.42 Å². The Kier molecular flexibility index (Phi) is 7.18. The van der Waals surface area contributed by atoms with Gasteiger partial charge in [0, 0.05) is 27.7 Å². The molecule has 0 radical (unpaired) electrons. The predicted octanol–water partition coefficient (Wildman–Crippen LogP) is 14.4. The SMILES string of the molecule is c1cc(-c2cc3ccccc3o2)cc(N(c2ccc(-c3ccc(-c4cccc5ccccc45)cc3)cc2)c2cc3ccccc3c3ccccc23)c1. The molecule has 0 atom stereocenters. The number of fused-ring (bicyclic) bond motifs is 5. The normalized spacial score (nSPS) is 11.5. The molecule has 0 saturated heterocycles. The Morgan fingerprint density at radius 1 is 0.327 bits per heavy atom. The van der Waals surface area contributed by atoms with Gasteiger partial charge in [-0.2, -0.15) is 0 Å². The molecule has 2 nitrogen and oxygen atoms in total. The molecule has 0 aliphatic heterocycles. The van der Waals surface area contributed by atoms with Crippen LogP contribution in [-0.2, 0) is 0 Å². The molecule has 2 heteroatoms. The summed E-state index contributed by atoms with van der Waals surface area (Å²) >= 11 is 0. The van der Waals surface area contributed by atoms with Gasteiger partial charge in [-0.3, -0.25) is 0 Å². The summed E-state index contributed by atoms with van der Waals surface area (Å²) in [6.07, 6.45) is 0. The molecule has 0 amide bonds. The lowest BCUT2D eigenvalue weighted by Crippen LogP contribution is -2.10. The molecule has 0 N–H and O–H groups in total. The summed E-state index contributed by atoms with van der Waals surface area (Å²) in [5, 5.41) is 8.51. The van der Waals surface area contributed by atoms with E-state index in [0.29, 0.717) is 0 Å². The number of hydrogen-bond acceptors (Lipinski definition) is 2. The summed E-state index contributed by atoms with van der Waals surface area (Å²) < 4.78 is 6.33. The number of rotatable bonds is 6. The second-order valence-corrected chi connectivity index (χ2v) is 13.3. The van der Waals surface area contributed by atoms with Crippen molar-refractivity contribution in [1.29, 1.82) is 0 Å². The topological polar surface area (TPSA) is 16.4 Å². The first-order chi connectivity index (χ1) is 25.8. The average molecular weight is 664 g/mol. The highest BCUT2D eigenvalue weighted by Crippen LogP contribution is 2.43. The van der Waals surface area contributed by atoms with Crippen molar-refractivity contribution >= 4 is 60.3 Å². The Hall–Kier alpha value is -6.90. The molecule has 1 heterocycles. The Bertz CT molecular complexity index is 2860. The lowest BCUT2D eigenvalue weighted by atomic mass is 9.96. The predicted molar refractivity (Wildman–Crippen MR) is 220 cm³/mol. The van der Waals surface area contributed by atoms with Crippen LogP contribution in [0.15, 0.2) is 205 Å².